The van der Waals surface area contributed by atoms with E-state index in [4.69, 9.17) is 4.42 Å². The molecule has 0 aliphatic heterocycles. The number of carbonyl (C=O) groups is 1. The minimum absolute atomic E-state index is 0.215. The van der Waals surface area contributed by atoms with Crippen LogP contribution in [-0.2, 0) is 5.75 Å². The van der Waals surface area contributed by atoms with Gasteiger partial charge >= 0.3 is 0 Å². The Morgan fingerprint density at radius 1 is 1.06 bits per heavy atom. The van der Waals surface area contributed by atoms with Gasteiger partial charge in [0.15, 0.2) is 16.7 Å². The van der Waals surface area contributed by atoms with Crippen LogP contribution < -0.4 is 5.32 Å². The van der Waals surface area contributed by atoms with Crippen molar-refractivity contribution < 1.29 is 9.21 Å². The predicted molar refractivity (Wildman–Crippen MR) is 120 cm³/mol. The summed E-state index contributed by atoms with van der Waals surface area (Å²) in [7, 11) is 0. The third kappa shape index (κ3) is 5.03. The zero-order valence-electron chi connectivity index (χ0n) is 17.2. The third-order valence-electron chi connectivity index (χ3n) is 4.60. The Hall–Kier alpha value is -3.39. The number of hydrogen-bond acceptors (Lipinski definition) is 6. The third-order valence-corrected chi connectivity index (χ3v) is 5.52. The Labute approximate surface area is 184 Å². The van der Waals surface area contributed by atoms with Gasteiger partial charge in [0.25, 0.3) is 5.91 Å². The molecule has 0 radical (unpaired) electrons. The molecule has 1 N–H and O–H groups in total. The lowest BCUT2D eigenvalue weighted by Gasteiger charge is -2.09. The molecule has 0 saturated heterocycles. The summed E-state index contributed by atoms with van der Waals surface area (Å²) in [5.41, 5.74) is 2.24. The number of thioether (sulfide) groups is 1. The van der Waals surface area contributed by atoms with Crippen molar-refractivity contribution in [2.24, 2.45) is 0 Å². The second kappa shape index (κ2) is 10.1. The molecule has 0 saturated carbocycles. The number of amides is 1. The number of aromatic nitrogens is 4. The van der Waals surface area contributed by atoms with Crippen LogP contribution in [0, 0.1) is 0 Å². The highest BCUT2D eigenvalue weighted by atomic mass is 32.2. The van der Waals surface area contributed by atoms with Gasteiger partial charge in [0.2, 0.25) is 5.89 Å². The maximum Gasteiger partial charge on any atom is 0.273 e. The highest BCUT2D eigenvalue weighted by Crippen LogP contribution is 2.29. The fourth-order valence-electron chi connectivity index (χ4n) is 3.02. The van der Waals surface area contributed by atoms with Crippen molar-refractivity contribution in [2.45, 2.75) is 30.7 Å². The average molecular weight is 434 g/mol. The van der Waals surface area contributed by atoms with Crippen molar-refractivity contribution in [2.75, 3.05) is 6.54 Å². The van der Waals surface area contributed by atoms with Gasteiger partial charge in [-0.1, -0.05) is 73.6 Å². The number of rotatable bonds is 9. The monoisotopic (exact) mass is 433 g/mol. The van der Waals surface area contributed by atoms with Crippen LogP contribution in [0.3, 0.4) is 0 Å². The molecule has 158 valence electrons. The lowest BCUT2D eigenvalue weighted by atomic mass is 10.2. The zero-order chi connectivity index (χ0) is 21.5. The molecule has 2 aromatic heterocycles. The molecule has 0 aliphatic rings. The molecule has 4 aromatic rings. The van der Waals surface area contributed by atoms with Gasteiger partial charge in [0.1, 0.15) is 6.26 Å². The number of para-hydroxylation sites is 1. The van der Waals surface area contributed by atoms with Crippen LogP contribution >= 0.6 is 11.8 Å². The van der Waals surface area contributed by atoms with Crippen molar-refractivity contribution in [3.05, 3.63) is 78.5 Å². The van der Waals surface area contributed by atoms with E-state index in [2.05, 4.69) is 27.4 Å². The van der Waals surface area contributed by atoms with E-state index in [1.54, 1.807) is 0 Å². The number of unbranched alkanes of at least 4 members (excludes halogenated alkanes) is 1. The Morgan fingerprint density at radius 2 is 1.81 bits per heavy atom. The number of carbonyl (C=O) groups excluding carboxylic acids is 1. The van der Waals surface area contributed by atoms with E-state index in [1.807, 2.05) is 65.2 Å². The van der Waals surface area contributed by atoms with Crippen LogP contribution in [0.25, 0.3) is 17.1 Å². The van der Waals surface area contributed by atoms with E-state index < -0.39 is 0 Å². The average Bonchev–Trinajstić information content (AvgIpc) is 3.46. The Kier molecular flexibility index (Phi) is 6.78. The Morgan fingerprint density at radius 3 is 2.55 bits per heavy atom. The number of hydrogen-bond donors (Lipinski definition) is 1. The quantitative estimate of drug-likeness (QED) is 0.303. The minimum atomic E-state index is -0.215. The van der Waals surface area contributed by atoms with Crippen LogP contribution in [0.2, 0.25) is 0 Å². The van der Waals surface area contributed by atoms with Crippen molar-refractivity contribution in [3.63, 3.8) is 0 Å². The molecule has 0 fully saturated rings. The summed E-state index contributed by atoms with van der Waals surface area (Å²) < 4.78 is 7.52. The maximum absolute atomic E-state index is 12.1. The molecule has 0 unspecified atom stereocenters. The van der Waals surface area contributed by atoms with Crippen LogP contribution in [0.1, 0.15) is 36.1 Å². The van der Waals surface area contributed by atoms with Gasteiger partial charge in [-0.15, -0.1) is 10.2 Å². The topological polar surface area (TPSA) is 85.8 Å². The largest absolute Gasteiger partial charge is 0.447 e. The van der Waals surface area contributed by atoms with Gasteiger partial charge in [-0.25, -0.2) is 4.98 Å². The van der Waals surface area contributed by atoms with E-state index in [-0.39, 0.29) is 5.91 Å². The molecule has 0 spiro atoms. The maximum atomic E-state index is 12.1. The van der Waals surface area contributed by atoms with Gasteiger partial charge in [-0.05, 0) is 18.6 Å². The summed E-state index contributed by atoms with van der Waals surface area (Å²) in [4.78, 5) is 16.5. The minimum Gasteiger partial charge on any atom is -0.447 e. The van der Waals surface area contributed by atoms with Crippen LogP contribution in [-0.4, -0.2) is 32.2 Å². The molecule has 1 amide bonds. The first-order valence-electron chi connectivity index (χ1n) is 10.2. The molecular formula is C23H23N5O2S. The van der Waals surface area contributed by atoms with Gasteiger partial charge in [0.05, 0.1) is 5.75 Å². The standard InChI is InChI=1S/C23H23N5O2S/c1-2-3-14-24-22(29)19-15-30-20(25-19)16-31-23-27-26-21(17-10-6-4-7-11-17)28(23)18-12-8-5-9-13-18/h4-13,15H,2-3,14,16H2,1H3,(H,24,29). The number of nitrogens with zero attached hydrogens (tertiary/aromatic N) is 4. The van der Waals surface area contributed by atoms with Crippen molar-refractivity contribution in [3.8, 4) is 17.1 Å². The van der Waals surface area contributed by atoms with Crippen molar-refractivity contribution >= 4 is 17.7 Å². The molecule has 0 atom stereocenters. The van der Waals surface area contributed by atoms with E-state index in [9.17, 15) is 4.79 Å². The summed E-state index contributed by atoms with van der Waals surface area (Å²) in [6, 6.07) is 19.9. The highest BCUT2D eigenvalue weighted by Gasteiger charge is 2.18. The fraction of sp³-hybridized carbons (Fsp3) is 0.217. The number of oxazole rings is 1. The van der Waals surface area contributed by atoms with Gasteiger partial charge in [-0.3, -0.25) is 9.36 Å². The van der Waals surface area contributed by atoms with Gasteiger partial charge < -0.3 is 9.73 Å². The molecule has 4 rings (SSSR count). The zero-order valence-corrected chi connectivity index (χ0v) is 18.0. The van der Waals surface area contributed by atoms with Crippen molar-refractivity contribution in [1.29, 1.82) is 0 Å². The number of benzene rings is 2. The van der Waals surface area contributed by atoms with E-state index in [0.717, 1.165) is 35.1 Å². The summed E-state index contributed by atoms with van der Waals surface area (Å²) in [6.45, 7) is 2.71. The van der Waals surface area contributed by atoms with Gasteiger partial charge in [0, 0.05) is 17.8 Å². The SMILES string of the molecule is CCCCNC(=O)c1coc(CSc2nnc(-c3ccccc3)n2-c2ccccc2)n1. The van der Waals surface area contributed by atoms with Gasteiger partial charge in [-0.2, -0.15) is 0 Å². The van der Waals surface area contributed by atoms with E-state index >= 15 is 0 Å². The molecular weight excluding hydrogens is 410 g/mol. The summed E-state index contributed by atoms with van der Waals surface area (Å²) >= 11 is 1.46. The molecule has 2 aromatic carbocycles. The van der Waals surface area contributed by atoms with E-state index in [1.165, 1.54) is 18.0 Å². The van der Waals surface area contributed by atoms with Crippen LogP contribution in [0.5, 0.6) is 0 Å². The number of nitrogens with one attached hydrogen (secondary N) is 1. The molecule has 31 heavy (non-hydrogen) atoms. The Bertz CT molecular complexity index is 1130. The molecule has 0 bridgehead atoms. The summed E-state index contributed by atoms with van der Waals surface area (Å²) in [5.74, 6) is 1.45. The second-order valence-corrected chi connectivity index (χ2v) is 7.81. The lowest BCUT2D eigenvalue weighted by Crippen LogP contribution is -2.24. The lowest BCUT2D eigenvalue weighted by molar-refractivity contribution is 0.0948. The molecule has 0 aliphatic carbocycles. The Balaban J connectivity index is 1.53. The summed E-state index contributed by atoms with van der Waals surface area (Å²) in [6.07, 6.45) is 3.35. The van der Waals surface area contributed by atoms with Crippen LogP contribution in [0.15, 0.2) is 76.5 Å². The molecule has 7 nitrogen and oxygen atoms in total. The second-order valence-electron chi connectivity index (χ2n) is 6.87. The van der Waals surface area contributed by atoms with E-state index in [0.29, 0.717) is 23.9 Å². The fourth-order valence-corrected chi connectivity index (χ4v) is 3.83. The summed E-state index contributed by atoms with van der Waals surface area (Å²) in [5, 5.41) is 12.4. The first-order chi connectivity index (χ1) is 15.3. The molecule has 8 heteroatoms. The predicted octanol–water partition coefficient (Wildman–Crippen LogP) is 4.74. The smallest absolute Gasteiger partial charge is 0.273 e. The van der Waals surface area contributed by atoms with Crippen LogP contribution in [0.4, 0.5) is 0 Å². The first-order valence-corrected chi connectivity index (χ1v) is 11.2. The molecule has 2 heterocycles. The normalized spacial score (nSPS) is 10.9. The highest BCUT2D eigenvalue weighted by molar-refractivity contribution is 7.98. The first kappa shape index (κ1) is 20.9. The van der Waals surface area contributed by atoms with Crippen molar-refractivity contribution in [1.82, 2.24) is 25.1 Å².